The molecule has 0 amide bonds. The van der Waals surface area contributed by atoms with Crippen LogP contribution in [0.15, 0.2) is 12.1 Å². The van der Waals surface area contributed by atoms with Crippen molar-refractivity contribution >= 4 is 23.2 Å². The molecule has 0 aromatic heterocycles. The standard InChI is InChI=1S/C8H5Cl2NO/c1-12-6-3-2-5(4-11)7(9)8(6)10/h2-3H,1H3. The predicted molar refractivity (Wildman–Crippen MR) is 47.7 cm³/mol. The summed E-state index contributed by atoms with van der Waals surface area (Å²) in [4.78, 5) is 0. The first kappa shape index (κ1) is 9.18. The summed E-state index contributed by atoms with van der Waals surface area (Å²) in [7, 11) is 1.49. The monoisotopic (exact) mass is 201 g/mol. The summed E-state index contributed by atoms with van der Waals surface area (Å²) in [5.74, 6) is 0.473. The number of methoxy groups -OCH3 is 1. The number of hydrogen-bond acceptors (Lipinski definition) is 2. The number of hydrogen-bond donors (Lipinski definition) is 0. The molecule has 0 aliphatic heterocycles. The molecule has 0 heterocycles. The minimum absolute atomic E-state index is 0.235. The number of nitriles is 1. The summed E-state index contributed by atoms with van der Waals surface area (Å²) in [6.45, 7) is 0. The van der Waals surface area contributed by atoms with Crippen molar-refractivity contribution < 1.29 is 4.74 Å². The van der Waals surface area contributed by atoms with E-state index in [-0.39, 0.29) is 10.0 Å². The van der Waals surface area contributed by atoms with Gasteiger partial charge in [-0.05, 0) is 12.1 Å². The normalized spacial score (nSPS) is 9.17. The molecule has 1 aromatic carbocycles. The van der Waals surface area contributed by atoms with E-state index < -0.39 is 0 Å². The molecule has 0 fully saturated rings. The van der Waals surface area contributed by atoms with Gasteiger partial charge in [0.15, 0.2) is 0 Å². The van der Waals surface area contributed by atoms with E-state index in [0.717, 1.165) is 0 Å². The Morgan fingerprint density at radius 2 is 2.00 bits per heavy atom. The molecule has 1 aromatic rings. The molecular weight excluding hydrogens is 197 g/mol. The van der Waals surface area contributed by atoms with E-state index in [2.05, 4.69) is 0 Å². The zero-order valence-electron chi connectivity index (χ0n) is 6.27. The number of halogens is 2. The molecule has 1 rings (SSSR count). The fourth-order valence-corrected chi connectivity index (χ4v) is 1.22. The maximum absolute atomic E-state index is 8.57. The van der Waals surface area contributed by atoms with Gasteiger partial charge in [-0.1, -0.05) is 23.2 Å². The summed E-state index contributed by atoms with van der Waals surface area (Å²) in [6.07, 6.45) is 0. The van der Waals surface area contributed by atoms with Crippen LogP contribution in [0.25, 0.3) is 0 Å². The lowest BCUT2D eigenvalue weighted by molar-refractivity contribution is 0.415. The summed E-state index contributed by atoms with van der Waals surface area (Å²) in [6, 6.07) is 5.08. The lowest BCUT2D eigenvalue weighted by Gasteiger charge is -2.04. The Bertz CT molecular complexity index is 344. The second-order valence-electron chi connectivity index (χ2n) is 2.06. The third kappa shape index (κ3) is 1.47. The van der Waals surface area contributed by atoms with E-state index >= 15 is 0 Å². The van der Waals surface area contributed by atoms with E-state index in [1.54, 1.807) is 12.1 Å². The molecule has 0 saturated heterocycles. The van der Waals surface area contributed by atoms with Crippen LogP contribution in [-0.2, 0) is 0 Å². The molecule has 0 saturated carbocycles. The molecule has 0 radical (unpaired) electrons. The van der Waals surface area contributed by atoms with E-state index in [9.17, 15) is 0 Å². The van der Waals surface area contributed by atoms with Crippen molar-refractivity contribution in [2.24, 2.45) is 0 Å². The zero-order chi connectivity index (χ0) is 9.14. The number of nitrogens with zero attached hydrogens (tertiary/aromatic N) is 1. The van der Waals surface area contributed by atoms with E-state index in [4.69, 9.17) is 33.2 Å². The molecule has 0 bridgehead atoms. The number of rotatable bonds is 1. The first-order valence-electron chi connectivity index (χ1n) is 3.12. The molecular formula is C8H5Cl2NO. The van der Waals surface area contributed by atoms with Crippen molar-refractivity contribution in [1.29, 1.82) is 5.26 Å². The molecule has 0 aliphatic carbocycles. The highest BCUT2D eigenvalue weighted by atomic mass is 35.5. The Hall–Kier alpha value is -0.910. The first-order chi connectivity index (χ1) is 5.70. The summed E-state index contributed by atoms with van der Waals surface area (Å²) in [5.41, 5.74) is 0.350. The summed E-state index contributed by atoms with van der Waals surface area (Å²) >= 11 is 11.5. The van der Waals surface area contributed by atoms with Crippen molar-refractivity contribution in [1.82, 2.24) is 0 Å². The minimum atomic E-state index is 0.235. The van der Waals surface area contributed by atoms with Crippen LogP contribution in [0.4, 0.5) is 0 Å². The highest BCUT2D eigenvalue weighted by Crippen LogP contribution is 2.33. The zero-order valence-corrected chi connectivity index (χ0v) is 7.78. The van der Waals surface area contributed by atoms with Crippen LogP contribution in [0.2, 0.25) is 10.0 Å². The van der Waals surface area contributed by atoms with Gasteiger partial charge in [0.2, 0.25) is 0 Å². The van der Waals surface area contributed by atoms with Gasteiger partial charge in [-0.3, -0.25) is 0 Å². The van der Waals surface area contributed by atoms with Crippen LogP contribution in [0.1, 0.15) is 5.56 Å². The lowest BCUT2D eigenvalue weighted by atomic mass is 10.2. The fourth-order valence-electron chi connectivity index (χ4n) is 0.776. The Morgan fingerprint density at radius 1 is 1.33 bits per heavy atom. The van der Waals surface area contributed by atoms with Crippen molar-refractivity contribution in [3.63, 3.8) is 0 Å². The van der Waals surface area contributed by atoms with Gasteiger partial charge < -0.3 is 4.74 Å². The summed E-state index contributed by atoms with van der Waals surface area (Å²) in [5, 5.41) is 9.08. The lowest BCUT2D eigenvalue weighted by Crippen LogP contribution is -1.86. The quantitative estimate of drug-likeness (QED) is 0.701. The second kappa shape index (κ2) is 3.66. The Kier molecular flexibility index (Phi) is 2.80. The van der Waals surface area contributed by atoms with Gasteiger partial charge >= 0.3 is 0 Å². The third-order valence-corrected chi connectivity index (χ3v) is 2.25. The van der Waals surface area contributed by atoms with Gasteiger partial charge in [-0.2, -0.15) is 5.26 Å². The van der Waals surface area contributed by atoms with E-state index in [1.807, 2.05) is 6.07 Å². The van der Waals surface area contributed by atoms with Crippen molar-refractivity contribution in [2.45, 2.75) is 0 Å². The second-order valence-corrected chi connectivity index (χ2v) is 2.81. The highest BCUT2D eigenvalue weighted by molar-refractivity contribution is 6.43. The Balaban J connectivity index is 3.32. The molecule has 0 unspecified atom stereocenters. The molecule has 4 heteroatoms. The maximum Gasteiger partial charge on any atom is 0.139 e. The van der Waals surface area contributed by atoms with Gasteiger partial charge in [0.1, 0.15) is 16.8 Å². The Labute approximate surface area is 80.3 Å². The van der Waals surface area contributed by atoms with Crippen LogP contribution < -0.4 is 4.74 Å². The van der Waals surface area contributed by atoms with Crippen molar-refractivity contribution in [3.05, 3.63) is 27.7 Å². The average Bonchev–Trinajstić information content (AvgIpc) is 2.10. The van der Waals surface area contributed by atoms with Crippen LogP contribution in [0.5, 0.6) is 5.75 Å². The topological polar surface area (TPSA) is 33.0 Å². The van der Waals surface area contributed by atoms with Crippen LogP contribution >= 0.6 is 23.2 Å². The molecule has 0 N–H and O–H groups in total. The number of benzene rings is 1. The van der Waals surface area contributed by atoms with Crippen molar-refractivity contribution in [2.75, 3.05) is 7.11 Å². The molecule has 0 atom stereocenters. The van der Waals surface area contributed by atoms with Crippen LogP contribution in [-0.4, -0.2) is 7.11 Å². The van der Waals surface area contributed by atoms with Gasteiger partial charge in [0, 0.05) is 0 Å². The van der Waals surface area contributed by atoms with Gasteiger partial charge in [0.05, 0.1) is 17.7 Å². The fraction of sp³-hybridized carbons (Fsp3) is 0.125. The number of ether oxygens (including phenoxy) is 1. The average molecular weight is 202 g/mol. The first-order valence-corrected chi connectivity index (χ1v) is 3.88. The third-order valence-electron chi connectivity index (χ3n) is 1.39. The van der Waals surface area contributed by atoms with Gasteiger partial charge in [-0.25, -0.2) is 0 Å². The SMILES string of the molecule is COc1ccc(C#N)c(Cl)c1Cl. The largest absolute Gasteiger partial charge is 0.495 e. The molecule has 0 aliphatic rings. The van der Waals surface area contributed by atoms with Crippen LogP contribution in [0, 0.1) is 11.3 Å². The highest BCUT2D eigenvalue weighted by Gasteiger charge is 2.09. The molecule has 62 valence electrons. The smallest absolute Gasteiger partial charge is 0.139 e. The predicted octanol–water partition coefficient (Wildman–Crippen LogP) is 2.87. The maximum atomic E-state index is 8.57. The summed E-state index contributed by atoms with van der Waals surface area (Å²) < 4.78 is 4.90. The van der Waals surface area contributed by atoms with Crippen molar-refractivity contribution in [3.8, 4) is 11.8 Å². The Morgan fingerprint density at radius 3 is 2.50 bits per heavy atom. The molecule has 2 nitrogen and oxygen atoms in total. The van der Waals surface area contributed by atoms with Crippen LogP contribution in [0.3, 0.4) is 0 Å². The van der Waals surface area contributed by atoms with E-state index in [1.165, 1.54) is 7.11 Å². The minimum Gasteiger partial charge on any atom is -0.495 e. The molecule has 12 heavy (non-hydrogen) atoms. The van der Waals surface area contributed by atoms with E-state index in [0.29, 0.717) is 11.3 Å². The van der Waals surface area contributed by atoms with Gasteiger partial charge in [-0.15, -0.1) is 0 Å². The van der Waals surface area contributed by atoms with Gasteiger partial charge in [0.25, 0.3) is 0 Å². The molecule has 0 spiro atoms.